The van der Waals surface area contributed by atoms with E-state index in [1.54, 1.807) is 10.9 Å². The van der Waals surface area contributed by atoms with Crippen LogP contribution in [0.5, 0.6) is 0 Å². The summed E-state index contributed by atoms with van der Waals surface area (Å²) in [5.74, 6) is 3.98. The molecule has 0 amide bonds. The third-order valence-electron chi connectivity index (χ3n) is 2.94. The van der Waals surface area contributed by atoms with Gasteiger partial charge in [-0.25, -0.2) is 4.98 Å². The zero-order valence-corrected chi connectivity index (χ0v) is 10.2. The Kier molecular flexibility index (Phi) is 2.64. The Labute approximate surface area is 100 Å². The van der Waals surface area contributed by atoms with Gasteiger partial charge in [0.1, 0.15) is 17.3 Å². The van der Waals surface area contributed by atoms with Crippen molar-refractivity contribution in [2.24, 2.45) is 7.05 Å². The highest BCUT2D eigenvalue weighted by atomic mass is 15.3. The predicted molar refractivity (Wildman–Crippen MR) is 67.1 cm³/mol. The highest BCUT2D eigenvalue weighted by Crippen LogP contribution is 2.28. The van der Waals surface area contributed by atoms with E-state index in [4.69, 9.17) is 12.2 Å². The Morgan fingerprint density at radius 2 is 2.18 bits per heavy atom. The number of nitrogens with zero attached hydrogens (tertiary/aromatic N) is 4. The summed E-state index contributed by atoms with van der Waals surface area (Å²) in [4.78, 5) is 4.46. The van der Waals surface area contributed by atoms with Crippen LogP contribution in [0.1, 0.15) is 11.5 Å². The predicted octanol–water partition coefficient (Wildman–Crippen LogP) is 1.12. The van der Waals surface area contributed by atoms with Gasteiger partial charge in [-0.05, 0) is 13.8 Å². The topological polar surface area (TPSA) is 61.7 Å². The molecule has 0 saturated carbocycles. The smallest absolute Gasteiger partial charge is 0.132 e. The van der Waals surface area contributed by atoms with Crippen molar-refractivity contribution < 1.29 is 0 Å². The molecule has 0 fully saturated rings. The molecule has 2 rings (SSSR count). The Hall–Kier alpha value is -2.22. The highest BCUT2D eigenvalue weighted by molar-refractivity contribution is 5.72. The molecule has 5 heteroatoms. The fraction of sp³-hybridized carbons (Fsp3) is 0.333. The summed E-state index contributed by atoms with van der Waals surface area (Å²) >= 11 is 0. The van der Waals surface area contributed by atoms with E-state index in [1.165, 1.54) is 0 Å². The minimum absolute atomic E-state index is 0.435. The van der Waals surface area contributed by atoms with Crippen LogP contribution in [0.15, 0.2) is 6.20 Å². The summed E-state index contributed by atoms with van der Waals surface area (Å²) in [6.07, 6.45) is 7.08. The Morgan fingerprint density at radius 1 is 1.47 bits per heavy atom. The Bertz CT molecular complexity index is 597. The second kappa shape index (κ2) is 3.98. The number of nitrogens with two attached hydrogens (primary N) is 1. The summed E-state index contributed by atoms with van der Waals surface area (Å²) in [6.45, 7) is 4.31. The monoisotopic (exact) mass is 229 g/mol. The molecule has 0 bridgehead atoms. The maximum atomic E-state index is 6.07. The molecule has 0 aliphatic rings. The first-order valence-electron chi connectivity index (χ1n) is 5.31. The zero-order valence-electron chi connectivity index (χ0n) is 10.2. The van der Waals surface area contributed by atoms with Crippen molar-refractivity contribution in [2.45, 2.75) is 20.4 Å². The maximum Gasteiger partial charge on any atom is 0.132 e. The molecular formula is C12H15N5. The molecule has 17 heavy (non-hydrogen) atoms. The molecule has 0 aliphatic heterocycles. The molecule has 0 aliphatic carbocycles. The lowest BCUT2D eigenvalue weighted by Gasteiger charge is -2.02. The number of anilines is 1. The molecule has 0 saturated heterocycles. The largest absolute Gasteiger partial charge is 0.383 e. The molecule has 0 atom stereocenters. The third-order valence-corrected chi connectivity index (χ3v) is 2.94. The summed E-state index contributed by atoms with van der Waals surface area (Å²) in [6, 6.07) is 0. The van der Waals surface area contributed by atoms with Crippen LogP contribution in [0.25, 0.3) is 11.3 Å². The van der Waals surface area contributed by atoms with E-state index >= 15 is 0 Å². The molecule has 2 heterocycles. The van der Waals surface area contributed by atoms with Gasteiger partial charge in [0.05, 0.1) is 12.7 Å². The van der Waals surface area contributed by atoms with Gasteiger partial charge >= 0.3 is 0 Å². The zero-order chi connectivity index (χ0) is 12.6. The number of nitrogen functional groups attached to an aromatic ring is 1. The van der Waals surface area contributed by atoms with E-state index in [2.05, 4.69) is 16.0 Å². The lowest BCUT2D eigenvalue weighted by atomic mass is 10.2. The van der Waals surface area contributed by atoms with Crippen molar-refractivity contribution in [1.29, 1.82) is 0 Å². The van der Waals surface area contributed by atoms with Crippen molar-refractivity contribution in [3.63, 3.8) is 0 Å². The van der Waals surface area contributed by atoms with Crippen LogP contribution in [0.3, 0.4) is 0 Å². The van der Waals surface area contributed by atoms with Gasteiger partial charge in [0, 0.05) is 18.3 Å². The maximum absolute atomic E-state index is 6.07. The summed E-state index contributed by atoms with van der Waals surface area (Å²) in [5, 5.41) is 4.19. The molecule has 0 unspecified atom stereocenters. The summed E-state index contributed by atoms with van der Waals surface area (Å²) in [5.41, 5.74) is 8.80. The van der Waals surface area contributed by atoms with E-state index < -0.39 is 0 Å². The number of rotatable bonds is 2. The number of aryl methyl sites for hydroxylation is 2. The summed E-state index contributed by atoms with van der Waals surface area (Å²) < 4.78 is 3.62. The fourth-order valence-electron chi connectivity index (χ4n) is 1.80. The van der Waals surface area contributed by atoms with Crippen molar-refractivity contribution in [1.82, 2.24) is 19.3 Å². The molecule has 0 aromatic carbocycles. The van der Waals surface area contributed by atoms with Gasteiger partial charge in [-0.2, -0.15) is 5.10 Å². The number of hydrogen-bond acceptors (Lipinski definition) is 3. The van der Waals surface area contributed by atoms with E-state index in [1.807, 2.05) is 25.5 Å². The number of terminal acetylenes is 1. The van der Waals surface area contributed by atoms with Crippen molar-refractivity contribution >= 4 is 5.82 Å². The second-order valence-corrected chi connectivity index (χ2v) is 3.95. The molecule has 88 valence electrons. The first kappa shape index (κ1) is 11.3. The Balaban J connectivity index is 2.58. The van der Waals surface area contributed by atoms with Gasteiger partial charge in [-0.3, -0.25) is 4.68 Å². The van der Waals surface area contributed by atoms with E-state index in [0.29, 0.717) is 12.4 Å². The van der Waals surface area contributed by atoms with Crippen LogP contribution in [0.4, 0.5) is 5.82 Å². The van der Waals surface area contributed by atoms with E-state index in [9.17, 15) is 0 Å². The lowest BCUT2D eigenvalue weighted by Crippen LogP contribution is -2.03. The van der Waals surface area contributed by atoms with Gasteiger partial charge in [-0.1, -0.05) is 5.92 Å². The molecular weight excluding hydrogens is 214 g/mol. The van der Waals surface area contributed by atoms with Gasteiger partial charge in [-0.15, -0.1) is 6.42 Å². The van der Waals surface area contributed by atoms with Crippen LogP contribution in [-0.4, -0.2) is 19.3 Å². The lowest BCUT2D eigenvalue weighted by molar-refractivity contribution is 0.740. The summed E-state index contributed by atoms with van der Waals surface area (Å²) in [7, 11) is 1.89. The van der Waals surface area contributed by atoms with E-state index in [-0.39, 0.29) is 0 Å². The molecule has 2 aromatic rings. The SMILES string of the molecule is C#CCn1c(C)nc(-c2cnn(C)c2C)c1N. The third kappa shape index (κ3) is 1.68. The molecule has 5 nitrogen and oxygen atoms in total. The van der Waals surface area contributed by atoms with Crippen LogP contribution in [-0.2, 0) is 13.6 Å². The second-order valence-electron chi connectivity index (χ2n) is 3.95. The first-order chi connectivity index (χ1) is 8.06. The van der Waals surface area contributed by atoms with Gasteiger partial charge < -0.3 is 10.3 Å². The average molecular weight is 229 g/mol. The number of aromatic nitrogens is 4. The van der Waals surface area contributed by atoms with Gasteiger partial charge in [0.2, 0.25) is 0 Å². The van der Waals surface area contributed by atoms with Crippen LogP contribution in [0, 0.1) is 26.2 Å². The van der Waals surface area contributed by atoms with Crippen molar-refractivity contribution in [2.75, 3.05) is 5.73 Å². The fourth-order valence-corrected chi connectivity index (χ4v) is 1.80. The molecule has 2 aromatic heterocycles. The molecule has 0 spiro atoms. The standard InChI is InChI=1S/C12H15N5/c1-5-6-17-9(3)15-11(12(17)13)10-7-14-16(4)8(10)2/h1,7H,6,13H2,2-4H3. The number of hydrogen-bond donors (Lipinski definition) is 1. The highest BCUT2D eigenvalue weighted by Gasteiger charge is 2.16. The quantitative estimate of drug-likeness (QED) is 0.785. The van der Waals surface area contributed by atoms with Gasteiger partial charge in [0.15, 0.2) is 0 Å². The van der Waals surface area contributed by atoms with E-state index in [0.717, 1.165) is 22.8 Å². The van der Waals surface area contributed by atoms with Crippen molar-refractivity contribution in [3.8, 4) is 23.6 Å². The van der Waals surface area contributed by atoms with Crippen LogP contribution in [0.2, 0.25) is 0 Å². The molecule has 2 N–H and O–H groups in total. The van der Waals surface area contributed by atoms with Crippen LogP contribution >= 0.6 is 0 Å². The van der Waals surface area contributed by atoms with Gasteiger partial charge in [0.25, 0.3) is 0 Å². The Morgan fingerprint density at radius 3 is 2.71 bits per heavy atom. The normalized spacial score (nSPS) is 10.5. The number of imidazole rings is 1. The molecule has 0 radical (unpaired) electrons. The van der Waals surface area contributed by atoms with Crippen LogP contribution < -0.4 is 5.73 Å². The minimum Gasteiger partial charge on any atom is -0.383 e. The average Bonchev–Trinajstić information content (AvgIpc) is 2.75. The minimum atomic E-state index is 0.435. The first-order valence-corrected chi connectivity index (χ1v) is 5.31. The van der Waals surface area contributed by atoms with Crippen molar-refractivity contribution in [3.05, 3.63) is 17.7 Å².